The first-order chi connectivity index (χ1) is 14.1. The van der Waals surface area contributed by atoms with Crippen molar-refractivity contribution in [1.29, 1.82) is 0 Å². The molecule has 0 unspecified atom stereocenters. The van der Waals surface area contributed by atoms with Crippen molar-refractivity contribution in [3.8, 4) is 0 Å². The Bertz CT molecular complexity index is 1160. The van der Waals surface area contributed by atoms with Gasteiger partial charge in [-0.15, -0.1) is 0 Å². The van der Waals surface area contributed by atoms with Gasteiger partial charge in [0.15, 0.2) is 0 Å². The molecule has 0 fully saturated rings. The van der Waals surface area contributed by atoms with Gasteiger partial charge in [-0.2, -0.15) is 0 Å². The van der Waals surface area contributed by atoms with Gasteiger partial charge in [-0.3, -0.25) is 14.5 Å². The van der Waals surface area contributed by atoms with Crippen molar-refractivity contribution in [3.05, 3.63) is 75.8 Å². The molecule has 8 nitrogen and oxygen atoms in total. The van der Waals surface area contributed by atoms with Gasteiger partial charge in [-0.25, -0.2) is 14.6 Å². The van der Waals surface area contributed by atoms with Gasteiger partial charge in [0, 0.05) is 18.0 Å². The fourth-order valence-corrected chi connectivity index (χ4v) is 2.75. The second kappa shape index (κ2) is 8.36. The Hall–Kier alpha value is -3.68. The zero-order valence-corrected chi connectivity index (χ0v) is 17.3. The first-order valence-electron chi connectivity index (χ1n) is 9.37. The van der Waals surface area contributed by atoms with E-state index in [2.05, 4.69) is 10.3 Å². The molecule has 30 heavy (non-hydrogen) atoms. The Labute approximate surface area is 173 Å². The predicted octanol–water partition coefficient (Wildman–Crippen LogP) is 3.71. The summed E-state index contributed by atoms with van der Waals surface area (Å²) in [6.45, 7) is 6.97. The number of rotatable bonds is 4. The van der Waals surface area contributed by atoms with E-state index in [4.69, 9.17) is 9.47 Å². The average Bonchev–Trinajstić information content (AvgIpc) is 2.65. The summed E-state index contributed by atoms with van der Waals surface area (Å²) in [5.74, 6) is -0.602. The first kappa shape index (κ1) is 21.0. The molecule has 0 radical (unpaired) electrons. The molecule has 0 saturated carbocycles. The summed E-state index contributed by atoms with van der Waals surface area (Å²) in [6.07, 6.45) is 1.01. The summed E-state index contributed by atoms with van der Waals surface area (Å²) in [5.41, 5.74) is 1.46. The van der Waals surface area contributed by atoms with Crippen LogP contribution in [0.15, 0.2) is 53.5 Å². The normalized spacial score (nSPS) is 11.2. The molecule has 1 N–H and O–H groups in total. The lowest BCUT2D eigenvalue weighted by Crippen LogP contribution is -2.27. The van der Waals surface area contributed by atoms with Crippen LogP contribution >= 0.6 is 0 Å². The fraction of sp³-hybridized carbons (Fsp3) is 0.273. The molecular formula is C22H23N3O5. The van der Waals surface area contributed by atoms with Gasteiger partial charge in [0.2, 0.25) is 0 Å². The molecule has 0 aliphatic heterocycles. The zero-order chi connectivity index (χ0) is 21.9. The van der Waals surface area contributed by atoms with Gasteiger partial charge < -0.3 is 9.47 Å². The minimum atomic E-state index is -0.634. The van der Waals surface area contributed by atoms with Crippen molar-refractivity contribution in [2.24, 2.45) is 0 Å². The topological polar surface area (TPSA) is 99.0 Å². The number of aryl methyl sites for hydroxylation is 1. The lowest BCUT2D eigenvalue weighted by atomic mass is 10.2. The number of anilines is 1. The van der Waals surface area contributed by atoms with Crippen molar-refractivity contribution < 1.29 is 19.1 Å². The monoisotopic (exact) mass is 409 g/mol. The summed E-state index contributed by atoms with van der Waals surface area (Å²) >= 11 is 0. The molecular weight excluding hydrogens is 386 g/mol. The van der Waals surface area contributed by atoms with E-state index < -0.39 is 17.7 Å². The maximum Gasteiger partial charge on any atom is 0.412 e. The molecule has 156 valence electrons. The van der Waals surface area contributed by atoms with E-state index in [1.807, 2.05) is 13.0 Å². The van der Waals surface area contributed by atoms with Crippen LogP contribution in [0.25, 0.3) is 5.65 Å². The zero-order valence-electron chi connectivity index (χ0n) is 17.3. The van der Waals surface area contributed by atoms with E-state index >= 15 is 0 Å². The van der Waals surface area contributed by atoms with E-state index in [0.29, 0.717) is 17.0 Å². The number of carbonyl (C=O) groups excluding carboxylic acids is 2. The Morgan fingerprint density at radius 1 is 1.13 bits per heavy atom. The highest BCUT2D eigenvalue weighted by molar-refractivity contribution is 5.92. The lowest BCUT2D eigenvalue weighted by molar-refractivity contribution is 0.0466. The summed E-state index contributed by atoms with van der Waals surface area (Å²) < 4.78 is 11.9. The minimum Gasteiger partial charge on any atom is -0.456 e. The molecule has 3 rings (SSSR count). The van der Waals surface area contributed by atoms with Crippen molar-refractivity contribution in [3.63, 3.8) is 0 Å². The molecule has 0 atom stereocenters. The molecule has 8 heteroatoms. The van der Waals surface area contributed by atoms with Crippen LogP contribution in [0.4, 0.5) is 10.5 Å². The number of benzene rings is 1. The highest BCUT2D eigenvalue weighted by Gasteiger charge is 2.17. The first-order valence-corrected chi connectivity index (χ1v) is 9.37. The van der Waals surface area contributed by atoms with Crippen LogP contribution in [0.3, 0.4) is 0 Å². The number of carbonyl (C=O) groups is 2. The van der Waals surface area contributed by atoms with Crippen LogP contribution in [0.2, 0.25) is 0 Å². The standard InChI is InChI=1S/C22H23N3O5/c1-14-7-6-10-25-18(26)12-17(23-19(14)25)13-29-20(27)15-8-5-9-16(11-15)24-21(28)30-22(2,3)4/h5-12H,13H2,1-4H3,(H,24,28). The highest BCUT2D eigenvalue weighted by atomic mass is 16.6. The number of pyridine rings is 1. The number of esters is 1. The van der Waals surface area contributed by atoms with Crippen molar-refractivity contribution in [1.82, 2.24) is 9.38 Å². The van der Waals surface area contributed by atoms with Crippen LogP contribution in [-0.2, 0) is 16.1 Å². The second-order valence-corrected chi connectivity index (χ2v) is 7.75. The van der Waals surface area contributed by atoms with E-state index in [1.54, 1.807) is 51.2 Å². The summed E-state index contributed by atoms with van der Waals surface area (Å²) in [7, 11) is 0. The SMILES string of the molecule is Cc1cccn2c(=O)cc(COC(=O)c3cccc(NC(=O)OC(C)(C)C)c3)nc12. The second-order valence-electron chi connectivity index (χ2n) is 7.75. The van der Waals surface area contributed by atoms with Crippen LogP contribution < -0.4 is 10.9 Å². The maximum absolute atomic E-state index is 12.4. The summed E-state index contributed by atoms with van der Waals surface area (Å²) in [6, 6.07) is 11.3. The minimum absolute atomic E-state index is 0.150. The Morgan fingerprint density at radius 2 is 1.90 bits per heavy atom. The van der Waals surface area contributed by atoms with Gasteiger partial charge in [0.05, 0.1) is 11.3 Å². The average molecular weight is 409 g/mol. The van der Waals surface area contributed by atoms with Crippen molar-refractivity contribution in [2.75, 3.05) is 5.32 Å². The van der Waals surface area contributed by atoms with Crippen LogP contribution in [0.5, 0.6) is 0 Å². The van der Waals surface area contributed by atoms with Gasteiger partial charge in [-0.05, 0) is 57.5 Å². The van der Waals surface area contributed by atoms with Crippen molar-refractivity contribution >= 4 is 23.4 Å². The van der Waals surface area contributed by atoms with E-state index in [1.165, 1.54) is 16.5 Å². The van der Waals surface area contributed by atoms with E-state index in [9.17, 15) is 14.4 Å². The molecule has 0 spiro atoms. The number of aromatic nitrogens is 2. The summed E-state index contributed by atoms with van der Waals surface area (Å²) in [5, 5.41) is 2.58. The lowest BCUT2D eigenvalue weighted by Gasteiger charge is -2.19. The van der Waals surface area contributed by atoms with Gasteiger partial charge in [-0.1, -0.05) is 12.1 Å². The van der Waals surface area contributed by atoms with E-state index in [0.717, 1.165) is 5.56 Å². The molecule has 1 amide bonds. The number of hydrogen-bond donors (Lipinski definition) is 1. The number of nitrogens with zero attached hydrogens (tertiary/aromatic N) is 2. The third-order valence-electron chi connectivity index (χ3n) is 4.03. The smallest absolute Gasteiger partial charge is 0.412 e. The van der Waals surface area contributed by atoms with Crippen LogP contribution in [-0.4, -0.2) is 27.0 Å². The Kier molecular flexibility index (Phi) is 5.86. The van der Waals surface area contributed by atoms with Gasteiger partial charge in [0.1, 0.15) is 17.9 Å². The Balaban J connectivity index is 1.70. The molecule has 0 aliphatic rings. The molecule has 2 aromatic heterocycles. The largest absolute Gasteiger partial charge is 0.456 e. The van der Waals surface area contributed by atoms with E-state index in [-0.39, 0.29) is 17.7 Å². The number of hydrogen-bond acceptors (Lipinski definition) is 6. The van der Waals surface area contributed by atoms with Crippen molar-refractivity contribution in [2.45, 2.75) is 39.9 Å². The highest BCUT2D eigenvalue weighted by Crippen LogP contribution is 2.15. The quantitative estimate of drug-likeness (QED) is 0.660. The molecule has 0 bridgehead atoms. The molecule has 0 saturated heterocycles. The Morgan fingerprint density at radius 3 is 2.63 bits per heavy atom. The molecule has 1 aromatic carbocycles. The van der Waals surface area contributed by atoms with Gasteiger partial charge in [0.25, 0.3) is 5.56 Å². The van der Waals surface area contributed by atoms with Gasteiger partial charge >= 0.3 is 12.1 Å². The summed E-state index contributed by atoms with van der Waals surface area (Å²) in [4.78, 5) is 41.0. The number of amides is 1. The number of ether oxygens (including phenoxy) is 2. The third kappa shape index (κ3) is 5.22. The molecule has 0 aliphatic carbocycles. The number of fused-ring (bicyclic) bond motifs is 1. The van der Waals surface area contributed by atoms with Crippen LogP contribution in [0, 0.1) is 6.92 Å². The third-order valence-corrected chi connectivity index (χ3v) is 4.03. The molecule has 2 heterocycles. The predicted molar refractivity (Wildman–Crippen MR) is 112 cm³/mol. The maximum atomic E-state index is 12.4. The fourth-order valence-electron chi connectivity index (χ4n) is 2.75. The molecule has 3 aromatic rings. The number of nitrogens with one attached hydrogen (secondary N) is 1. The van der Waals surface area contributed by atoms with Crippen LogP contribution in [0.1, 0.15) is 42.4 Å².